The molecule has 60 valence electrons. The van der Waals surface area contributed by atoms with Gasteiger partial charge >= 0.3 is 0 Å². The van der Waals surface area contributed by atoms with Crippen LogP contribution in [0, 0.1) is 5.92 Å². The lowest BCUT2D eigenvalue weighted by Crippen LogP contribution is -2.28. The van der Waals surface area contributed by atoms with Crippen LogP contribution in [0.5, 0.6) is 0 Å². The maximum Gasteiger partial charge on any atom is 0.0639 e. The number of nitrogens with zero attached hydrogens (tertiary/aromatic N) is 1. The van der Waals surface area contributed by atoms with Gasteiger partial charge in [0.1, 0.15) is 0 Å². The average Bonchev–Trinajstić information content (AvgIpc) is 2.13. The molecule has 1 heterocycles. The average molecular weight is 143 g/mol. The van der Waals surface area contributed by atoms with Crippen molar-refractivity contribution in [3.05, 3.63) is 0 Å². The molecule has 1 unspecified atom stereocenters. The quantitative estimate of drug-likeness (QED) is 0.615. The Bertz CT molecular complexity index is 103. The molecule has 1 N–H and O–H groups in total. The summed E-state index contributed by atoms with van der Waals surface area (Å²) in [5.74, 6) is 0.832. The topological polar surface area (TPSA) is 23.5 Å². The molecule has 1 rings (SSSR count). The van der Waals surface area contributed by atoms with E-state index in [0.29, 0.717) is 0 Å². The standard InChI is InChI=1S/C8H17NO/c1-7-3-4-9(5-7)6-8(2)10/h7-8,10H,3-6H2,1-2H3/t7?,8-/m0/s1. The van der Waals surface area contributed by atoms with E-state index in [4.69, 9.17) is 5.11 Å². The summed E-state index contributed by atoms with van der Waals surface area (Å²) in [6.45, 7) is 7.31. The molecule has 0 aromatic heterocycles. The van der Waals surface area contributed by atoms with Gasteiger partial charge in [0, 0.05) is 13.1 Å². The monoisotopic (exact) mass is 143 g/mol. The van der Waals surface area contributed by atoms with E-state index in [1.165, 1.54) is 19.5 Å². The van der Waals surface area contributed by atoms with Gasteiger partial charge in [-0.3, -0.25) is 0 Å². The number of hydrogen-bond donors (Lipinski definition) is 1. The maximum atomic E-state index is 9.06. The van der Waals surface area contributed by atoms with Crippen LogP contribution in [0.4, 0.5) is 0 Å². The highest BCUT2D eigenvalue weighted by atomic mass is 16.3. The fourth-order valence-corrected chi connectivity index (χ4v) is 1.57. The highest BCUT2D eigenvalue weighted by molar-refractivity contribution is 4.73. The summed E-state index contributed by atoms with van der Waals surface area (Å²) in [6, 6.07) is 0. The SMILES string of the molecule is CC1CCN(C[C@H](C)O)C1. The molecule has 0 spiro atoms. The number of likely N-dealkylation sites (tertiary alicyclic amines) is 1. The van der Waals surface area contributed by atoms with E-state index in [9.17, 15) is 0 Å². The molecule has 1 aliphatic heterocycles. The minimum atomic E-state index is -0.162. The minimum Gasteiger partial charge on any atom is -0.392 e. The van der Waals surface area contributed by atoms with Gasteiger partial charge in [-0.2, -0.15) is 0 Å². The molecule has 1 fully saturated rings. The molecule has 1 saturated heterocycles. The molecule has 0 amide bonds. The van der Waals surface area contributed by atoms with E-state index in [2.05, 4.69) is 11.8 Å². The van der Waals surface area contributed by atoms with Gasteiger partial charge in [0.05, 0.1) is 6.10 Å². The Balaban J connectivity index is 2.18. The molecule has 2 nitrogen and oxygen atoms in total. The van der Waals surface area contributed by atoms with Crippen molar-refractivity contribution in [1.29, 1.82) is 0 Å². The van der Waals surface area contributed by atoms with Crippen molar-refractivity contribution in [1.82, 2.24) is 4.90 Å². The number of β-amino-alcohol motifs (C(OH)–C–C–N with tert-alkyl or cyclic N) is 1. The molecule has 0 radical (unpaired) electrons. The minimum absolute atomic E-state index is 0.162. The highest BCUT2D eigenvalue weighted by Gasteiger charge is 2.18. The molecule has 10 heavy (non-hydrogen) atoms. The van der Waals surface area contributed by atoms with Gasteiger partial charge in [-0.05, 0) is 25.8 Å². The second kappa shape index (κ2) is 3.35. The Morgan fingerprint density at radius 3 is 2.80 bits per heavy atom. The van der Waals surface area contributed by atoms with Crippen LogP contribution in [0.3, 0.4) is 0 Å². The van der Waals surface area contributed by atoms with Crippen LogP contribution < -0.4 is 0 Å². The van der Waals surface area contributed by atoms with Gasteiger partial charge < -0.3 is 10.0 Å². The number of aliphatic hydroxyl groups excluding tert-OH is 1. The number of rotatable bonds is 2. The molecule has 1 aliphatic rings. The maximum absolute atomic E-state index is 9.06. The summed E-state index contributed by atoms with van der Waals surface area (Å²) < 4.78 is 0. The summed E-state index contributed by atoms with van der Waals surface area (Å²) in [7, 11) is 0. The van der Waals surface area contributed by atoms with E-state index in [-0.39, 0.29) is 6.10 Å². The summed E-state index contributed by atoms with van der Waals surface area (Å²) in [4.78, 5) is 2.33. The lowest BCUT2D eigenvalue weighted by Gasteiger charge is -2.16. The Labute approximate surface area is 62.8 Å². The Kier molecular flexibility index (Phi) is 2.69. The lowest BCUT2D eigenvalue weighted by atomic mass is 10.2. The van der Waals surface area contributed by atoms with Gasteiger partial charge in [-0.1, -0.05) is 6.92 Å². The predicted octanol–water partition coefficient (Wildman–Crippen LogP) is 0.709. The summed E-state index contributed by atoms with van der Waals surface area (Å²) in [5.41, 5.74) is 0. The first-order chi connectivity index (χ1) is 4.68. The first kappa shape index (κ1) is 8.02. The van der Waals surface area contributed by atoms with E-state index < -0.39 is 0 Å². The first-order valence-electron chi connectivity index (χ1n) is 4.09. The Morgan fingerprint density at radius 1 is 1.70 bits per heavy atom. The summed E-state index contributed by atoms with van der Waals surface area (Å²) in [6.07, 6.45) is 1.14. The van der Waals surface area contributed by atoms with Gasteiger partial charge in [-0.25, -0.2) is 0 Å². The fraction of sp³-hybridized carbons (Fsp3) is 1.00. The number of aliphatic hydroxyl groups is 1. The third-order valence-electron chi connectivity index (χ3n) is 2.03. The van der Waals surface area contributed by atoms with E-state index >= 15 is 0 Å². The van der Waals surface area contributed by atoms with Crippen molar-refractivity contribution < 1.29 is 5.11 Å². The van der Waals surface area contributed by atoms with E-state index in [1.807, 2.05) is 6.92 Å². The molecular weight excluding hydrogens is 126 g/mol. The zero-order chi connectivity index (χ0) is 7.56. The fourth-order valence-electron chi connectivity index (χ4n) is 1.57. The van der Waals surface area contributed by atoms with Crippen molar-refractivity contribution in [2.75, 3.05) is 19.6 Å². The van der Waals surface area contributed by atoms with Crippen molar-refractivity contribution in [3.63, 3.8) is 0 Å². The third-order valence-corrected chi connectivity index (χ3v) is 2.03. The van der Waals surface area contributed by atoms with Crippen LogP contribution >= 0.6 is 0 Å². The van der Waals surface area contributed by atoms with Crippen molar-refractivity contribution in [2.45, 2.75) is 26.4 Å². The zero-order valence-corrected chi connectivity index (χ0v) is 6.88. The van der Waals surface area contributed by atoms with Gasteiger partial charge in [0.15, 0.2) is 0 Å². The van der Waals surface area contributed by atoms with Gasteiger partial charge in [-0.15, -0.1) is 0 Å². The summed E-state index contributed by atoms with van der Waals surface area (Å²) >= 11 is 0. The van der Waals surface area contributed by atoms with Crippen molar-refractivity contribution in [2.24, 2.45) is 5.92 Å². The normalized spacial score (nSPS) is 30.9. The number of hydrogen-bond acceptors (Lipinski definition) is 2. The smallest absolute Gasteiger partial charge is 0.0639 e. The molecule has 0 aromatic carbocycles. The van der Waals surface area contributed by atoms with Gasteiger partial charge in [0.25, 0.3) is 0 Å². The summed E-state index contributed by atoms with van der Waals surface area (Å²) in [5, 5.41) is 9.06. The van der Waals surface area contributed by atoms with E-state index in [1.54, 1.807) is 0 Å². The molecule has 2 heteroatoms. The van der Waals surface area contributed by atoms with Crippen molar-refractivity contribution >= 4 is 0 Å². The lowest BCUT2D eigenvalue weighted by molar-refractivity contribution is 0.139. The van der Waals surface area contributed by atoms with Gasteiger partial charge in [0.2, 0.25) is 0 Å². The predicted molar refractivity (Wildman–Crippen MR) is 41.9 cm³/mol. The zero-order valence-electron chi connectivity index (χ0n) is 6.88. The first-order valence-corrected chi connectivity index (χ1v) is 4.09. The third kappa shape index (κ3) is 2.27. The van der Waals surface area contributed by atoms with Crippen LogP contribution in [-0.4, -0.2) is 35.7 Å². The molecule has 0 aromatic rings. The Hall–Kier alpha value is -0.0800. The largest absolute Gasteiger partial charge is 0.392 e. The van der Waals surface area contributed by atoms with Crippen LogP contribution in [0.25, 0.3) is 0 Å². The van der Waals surface area contributed by atoms with Crippen LogP contribution in [0.2, 0.25) is 0 Å². The second-order valence-corrected chi connectivity index (χ2v) is 3.50. The van der Waals surface area contributed by atoms with Crippen LogP contribution in [0.15, 0.2) is 0 Å². The molecule has 0 bridgehead atoms. The second-order valence-electron chi connectivity index (χ2n) is 3.50. The Morgan fingerprint density at radius 2 is 2.40 bits per heavy atom. The molecule has 2 atom stereocenters. The highest BCUT2D eigenvalue weighted by Crippen LogP contribution is 2.14. The van der Waals surface area contributed by atoms with Crippen LogP contribution in [-0.2, 0) is 0 Å². The molecule has 0 saturated carbocycles. The van der Waals surface area contributed by atoms with E-state index in [0.717, 1.165) is 12.5 Å². The van der Waals surface area contributed by atoms with Crippen LogP contribution in [0.1, 0.15) is 20.3 Å². The molecular formula is C8H17NO. The van der Waals surface area contributed by atoms with Crippen molar-refractivity contribution in [3.8, 4) is 0 Å². The molecule has 0 aliphatic carbocycles.